The van der Waals surface area contributed by atoms with E-state index in [1.54, 1.807) is 6.92 Å². The standard InChI is InChI=1S/C13H20O3/c1-2-16-13(15)8-11-10-6-4-3-5-9(10)7-12(11)14/h9-11H,2-8H2,1H3/t9-,10-,11?/m1/s1. The third kappa shape index (κ3) is 2.28. The lowest BCUT2D eigenvalue weighted by molar-refractivity contribution is -0.146. The molecule has 0 N–H and O–H groups in total. The molecular weight excluding hydrogens is 204 g/mol. The summed E-state index contributed by atoms with van der Waals surface area (Å²) in [5, 5.41) is 0. The lowest BCUT2D eigenvalue weighted by atomic mass is 9.77. The molecule has 0 radical (unpaired) electrons. The molecule has 2 saturated carbocycles. The molecule has 2 fully saturated rings. The van der Waals surface area contributed by atoms with Crippen LogP contribution in [0, 0.1) is 17.8 Å². The van der Waals surface area contributed by atoms with Crippen molar-refractivity contribution in [1.82, 2.24) is 0 Å². The SMILES string of the molecule is CCOC(=O)CC1C(=O)C[C@H]2CCCC[C@@H]12. The molecular formula is C13H20O3. The number of hydrogen-bond acceptors (Lipinski definition) is 3. The highest BCUT2D eigenvalue weighted by atomic mass is 16.5. The Morgan fingerprint density at radius 3 is 2.88 bits per heavy atom. The maximum Gasteiger partial charge on any atom is 0.306 e. The maximum atomic E-state index is 11.9. The summed E-state index contributed by atoms with van der Waals surface area (Å²) in [6, 6.07) is 0. The van der Waals surface area contributed by atoms with Crippen molar-refractivity contribution in [2.75, 3.05) is 6.61 Å². The lowest BCUT2D eigenvalue weighted by Gasteiger charge is -2.27. The Bertz CT molecular complexity index is 285. The van der Waals surface area contributed by atoms with E-state index in [0.29, 0.717) is 37.1 Å². The third-order valence-corrected chi connectivity index (χ3v) is 4.05. The van der Waals surface area contributed by atoms with E-state index in [4.69, 9.17) is 4.74 Å². The first kappa shape index (κ1) is 11.6. The number of rotatable bonds is 3. The number of Topliss-reactive ketones (excluding diaryl/α,β-unsaturated/α-hetero) is 1. The fraction of sp³-hybridized carbons (Fsp3) is 0.846. The van der Waals surface area contributed by atoms with Gasteiger partial charge < -0.3 is 4.74 Å². The van der Waals surface area contributed by atoms with E-state index < -0.39 is 0 Å². The first-order valence-electron chi connectivity index (χ1n) is 6.40. The molecule has 90 valence electrons. The van der Waals surface area contributed by atoms with Crippen LogP contribution in [0.3, 0.4) is 0 Å². The summed E-state index contributed by atoms with van der Waals surface area (Å²) in [5.74, 6) is 1.08. The van der Waals surface area contributed by atoms with Crippen molar-refractivity contribution in [2.24, 2.45) is 17.8 Å². The van der Waals surface area contributed by atoms with Crippen LogP contribution in [-0.4, -0.2) is 18.4 Å². The van der Waals surface area contributed by atoms with Crippen molar-refractivity contribution < 1.29 is 14.3 Å². The van der Waals surface area contributed by atoms with Crippen molar-refractivity contribution in [1.29, 1.82) is 0 Å². The quantitative estimate of drug-likeness (QED) is 0.691. The predicted molar refractivity (Wildman–Crippen MR) is 59.8 cm³/mol. The molecule has 1 unspecified atom stereocenters. The molecule has 0 aromatic heterocycles. The summed E-state index contributed by atoms with van der Waals surface area (Å²) >= 11 is 0. The zero-order chi connectivity index (χ0) is 11.5. The van der Waals surface area contributed by atoms with Gasteiger partial charge in [-0.15, -0.1) is 0 Å². The molecule has 0 aromatic carbocycles. The summed E-state index contributed by atoms with van der Waals surface area (Å²) in [7, 11) is 0. The van der Waals surface area contributed by atoms with Crippen molar-refractivity contribution in [3.8, 4) is 0 Å². The molecule has 0 aliphatic heterocycles. The van der Waals surface area contributed by atoms with Gasteiger partial charge in [-0.05, 0) is 31.6 Å². The molecule has 3 heteroatoms. The van der Waals surface area contributed by atoms with Crippen LogP contribution in [0.4, 0.5) is 0 Å². The van der Waals surface area contributed by atoms with E-state index in [1.165, 1.54) is 19.3 Å². The van der Waals surface area contributed by atoms with Gasteiger partial charge in [0, 0.05) is 12.3 Å². The van der Waals surface area contributed by atoms with Gasteiger partial charge in [0.05, 0.1) is 13.0 Å². The number of hydrogen-bond donors (Lipinski definition) is 0. The number of carbonyl (C=O) groups is 2. The van der Waals surface area contributed by atoms with E-state index in [1.807, 2.05) is 0 Å². The van der Waals surface area contributed by atoms with Gasteiger partial charge in [-0.1, -0.05) is 12.8 Å². The number of fused-ring (bicyclic) bond motifs is 1. The Balaban J connectivity index is 1.97. The molecule has 16 heavy (non-hydrogen) atoms. The fourth-order valence-corrected chi connectivity index (χ4v) is 3.33. The zero-order valence-corrected chi connectivity index (χ0v) is 9.91. The molecule has 2 rings (SSSR count). The molecule has 3 atom stereocenters. The molecule has 0 saturated heterocycles. The van der Waals surface area contributed by atoms with Crippen LogP contribution >= 0.6 is 0 Å². The highest BCUT2D eigenvalue weighted by Gasteiger charge is 2.43. The van der Waals surface area contributed by atoms with Crippen LogP contribution in [0.5, 0.6) is 0 Å². The molecule has 0 bridgehead atoms. The van der Waals surface area contributed by atoms with Gasteiger partial charge in [-0.2, -0.15) is 0 Å². The fourth-order valence-electron chi connectivity index (χ4n) is 3.33. The smallest absolute Gasteiger partial charge is 0.306 e. The second-order valence-electron chi connectivity index (χ2n) is 4.99. The van der Waals surface area contributed by atoms with Crippen LogP contribution in [0.2, 0.25) is 0 Å². The van der Waals surface area contributed by atoms with Crippen LogP contribution in [0.25, 0.3) is 0 Å². The monoisotopic (exact) mass is 224 g/mol. The van der Waals surface area contributed by atoms with Gasteiger partial charge in [-0.25, -0.2) is 0 Å². The maximum absolute atomic E-state index is 11.9. The van der Waals surface area contributed by atoms with E-state index in [2.05, 4.69) is 0 Å². The van der Waals surface area contributed by atoms with Crippen molar-refractivity contribution in [3.05, 3.63) is 0 Å². The number of ether oxygens (including phenoxy) is 1. The van der Waals surface area contributed by atoms with Crippen LogP contribution in [-0.2, 0) is 14.3 Å². The Morgan fingerprint density at radius 2 is 2.12 bits per heavy atom. The number of ketones is 1. The number of esters is 1. The van der Waals surface area contributed by atoms with Crippen LogP contribution < -0.4 is 0 Å². The first-order chi connectivity index (χ1) is 7.72. The topological polar surface area (TPSA) is 43.4 Å². The average Bonchev–Trinajstić information content (AvgIpc) is 2.56. The Labute approximate surface area is 96.5 Å². The van der Waals surface area contributed by atoms with E-state index in [0.717, 1.165) is 6.42 Å². The highest BCUT2D eigenvalue weighted by molar-refractivity contribution is 5.87. The van der Waals surface area contributed by atoms with Gasteiger partial charge >= 0.3 is 5.97 Å². The van der Waals surface area contributed by atoms with Crippen molar-refractivity contribution in [2.45, 2.75) is 45.4 Å². The zero-order valence-electron chi connectivity index (χ0n) is 9.91. The molecule has 2 aliphatic rings. The minimum absolute atomic E-state index is 0.0376. The molecule has 0 heterocycles. The first-order valence-corrected chi connectivity index (χ1v) is 6.40. The Kier molecular flexibility index (Phi) is 3.62. The van der Waals surface area contributed by atoms with Crippen LogP contribution in [0.1, 0.15) is 45.4 Å². The molecule has 0 spiro atoms. The van der Waals surface area contributed by atoms with E-state index in [9.17, 15) is 9.59 Å². The lowest BCUT2D eigenvalue weighted by Crippen LogP contribution is -2.24. The second-order valence-corrected chi connectivity index (χ2v) is 4.99. The van der Waals surface area contributed by atoms with Gasteiger partial charge in [0.2, 0.25) is 0 Å². The summed E-state index contributed by atoms with van der Waals surface area (Å²) in [4.78, 5) is 23.3. The van der Waals surface area contributed by atoms with Gasteiger partial charge in [-0.3, -0.25) is 9.59 Å². The van der Waals surface area contributed by atoms with Gasteiger partial charge in [0.1, 0.15) is 5.78 Å². The minimum Gasteiger partial charge on any atom is -0.466 e. The van der Waals surface area contributed by atoms with Crippen molar-refractivity contribution >= 4 is 11.8 Å². The normalized spacial score (nSPS) is 33.6. The molecule has 0 aromatic rings. The minimum atomic E-state index is -0.202. The summed E-state index contributed by atoms with van der Waals surface area (Å²) in [6.07, 6.45) is 5.78. The largest absolute Gasteiger partial charge is 0.466 e. The molecule has 0 amide bonds. The van der Waals surface area contributed by atoms with Crippen molar-refractivity contribution in [3.63, 3.8) is 0 Å². The molecule has 2 aliphatic carbocycles. The van der Waals surface area contributed by atoms with Gasteiger partial charge in [0.15, 0.2) is 0 Å². The summed E-state index contributed by atoms with van der Waals surface area (Å²) in [6.45, 7) is 2.21. The highest BCUT2D eigenvalue weighted by Crippen LogP contribution is 2.45. The summed E-state index contributed by atoms with van der Waals surface area (Å²) in [5.41, 5.74) is 0. The van der Waals surface area contributed by atoms with Crippen LogP contribution in [0.15, 0.2) is 0 Å². The van der Waals surface area contributed by atoms with Gasteiger partial charge in [0.25, 0.3) is 0 Å². The number of carbonyl (C=O) groups excluding carboxylic acids is 2. The predicted octanol–water partition coefficient (Wildman–Crippen LogP) is 2.33. The Morgan fingerprint density at radius 1 is 1.38 bits per heavy atom. The van der Waals surface area contributed by atoms with E-state index >= 15 is 0 Å². The Hall–Kier alpha value is -0.860. The average molecular weight is 224 g/mol. The third-order valence-electron chi connectivity index (χ3n) is 4.05. The van der Waals surface area contributed by atoms with E-state index in [-0.39, 0.29) is 11.9 Å². The molecule has 3 nitrogen and oxygen atoms in total. The summed E-state index contributed by atoms with van der Waals surface area (Å²) < 4.78 is 4.94. The second kappa shape index (κ2) is 4.98.